The Kier molecular flexibility index (Phi) is 5.30. The Labute approximate surface area is 145 Å². The van der Waals surface area contributed by atoms with Crippen LogP contribution in [0.4, 0.5) is 5.69 Å². The van der Waals surface area contributed by atoms with Gasteiger partial charge < -0.3 is 9.47 Å². The Morgan fingerprint density at radius 3 is 2.43 bits per heavy atom. The molecule has 120 valence electrons. The van der Waals surface area contributed by atoms with Crippen LogP contribution in [0.25, 0.3) is 0 Å². The van der Waals surface area contributed by atoms with E-state index in [0.29, 0.717) is 0 Å². The van der Waals surface area contributed by atoms with E-state index < -0.39 is 16.6 Å². The number of hydrogen-bond acceptors (Lipinski definition) is 5. The molecule has 0 N–H and O–H groups in total. The Morgan fingerprint density at radius 1 is 1.13 bits per heavy atom. The van der Waals surface area contributed by atoms with Gasteiger partial charge in [-0.2, -0.15) is 0 Å². The van der Waals surface area contributed by atoms with Crippen LogP contribution in [0.2, 0.25) is 15.1 Å². The highest BCUT2D eigenvalue weighted by Crippen LogP contribution is 2.39. The molecule has 0 amide bonds. The van der Waals surface area contributed by atoms with Crippen molar-refractivity contribution in [2.45, 2.75) is 0 Å². The smallest absolute Gasteiger partial charge is 0.344 e. The molecule has 2 aromatic carbocycles. The summed E-state index contributed by atoms with van der Waals surface area (Å²) in [6.07, 6.45) is 0. The lowest BCUT2D eigenvalue weighted by atomic mass is 10.1. The maximum absolute atomic E-state index is 11.5. The topological polar surface area (TPSA) is 78.7 Å². The zero-order valence-corrected chi connectivity index (χ0v) is 13.8. The first-order valence-corrected chi connectivity index (χ1v) is 7.16. The van der Waals surface area contributed by atoms with Crippen molar-refractivity contribution in [3.8, 4) is 11.5 Å². The van der Waals surface area contributed by atoms with E-state index in [4.69, 9.17) is 39.5 Å². The average Bonchev–Trinajstić information content (AvgIpc) is 2.54. The highest BCUT2D eigenvalue weighted by atomic mass is 35.5. The van der Waals surface area contributed by atoms with Crippen molar-refractivity contribution in [2.24, 2.45) is 0 Å². The molecule has 23 heavy (non-hydrogen) atoms. The van der Waals surface area contributed by atoms with Gasteiger partial charge in [-0.15, -0.1) is 0 Å². The van der Waals surface area contributed by atoms with Gasteiger partial charge in [0.15, 0.2) is 0 Å². The number of hydrogen-bond donors (Lipinski definition) is 0. The van der Waals surface area contributed by atoms with Gasteiger partial charge in [0, 0.05) is 0 Å². The van der Waals surface area contributed by atoms with E-state index in [1.54, 1.807) is 0 Å². The minimum atomic E-state index is -0.823. The van der Waals surface area contributed by atoms with Gasteiger partial charge in [-0.1, -0.05) is 34.8 Å². The van der Waals surface area contributed by atoms with Crippen molar-refractivity contribution in [2.75, 3.05) is 7.11 Å². The van der Waals surface area contributed by atoms with Crippen LogP contribution in [0.3, 0.4) is 0 Å². The molecule has 0 heterocycles. The van der Waals surface area contributed by atoms with E-state index in [2.05, 4.69) is 4.74 Å². The lowest BCUT2D eigenvalue weighted by Crippen LogP contribution is -2.05. The number of nitro groups is 1. The number of nitrogens with zero attached hydrogens (tertiary/aromatic N) is 1. The fourth-order valence-corrected chi connectivity index (χ4v) is 2.29. The standard InChI is InChI=1S/C14H8Cl3NO5/c1-22-14(19)8-3-2-7(6-10(8)18(20)21)23-11-5-4-9(15)12(16)13(11)17/h2-6H,1H3. The second-order valence-electron chi connectivity index (χ2n) is 4.20. The second kappa shape index (κ2) is 7.04. The Morgan fingerprint density at radius 2 is 1.83 bits per heavy atom. The molecule has 0 aliphatic rings. The lowest BCUT2D eigenvalue weighted by Gasteiger charge is -2.10. The third-order valence-electron chi connectivity index (χ3n) is 2.80. The molecule has 0 radical (unpaired) electrons. The highest BCUT2D eigenvalue weighted by molar-refractivity contribution is 6.48. The molecule has 0 aliphatic carbocycles. The van der Waals surface area contributed by atoms with Crippen molar-refractivity contribution in [3.63, 3.8) is 0 Å². The first kappa shape index (κ1) is 17.3. The van der Waals surface area contributed by atoms with Crippen LogP contribution in [0, 0.1) is 10.1 Å². The number of ether oxygens (including phenoxy) is 2. The van der Waals surface area contributed by atoms with Crippen LogP contribution < -0.4 is 4.74 Å². The van der Waals surface area contributed by atoms with Gasteiger partial charge in [-0.05, 0) is 24.3 Å². The maximum atomic E-state index is 11.5. The van der Waals surface area contributed by atoms with Crippen molar-refractivity contribution in [1.29, 1.82) is 0 Å². The Bertz CT molecular complexity index is 794. The van der Waals surface area contributed by atoms with Crippen molar-refractivity contribution < 1.29 is 19.2 Å². The molecule has 0 unspecified atom stereocenters. The predicted octanol–water partition coefficient (Wildman–Crippen LogP) is 5.13. The number of halogens is 3. The van der Waals surface area contributed by atoms with E-state index >= 15 is 0 Å². The third kappa shape index (κ3) is 3.67. The predicted molar refractivity (Wildman–Crippen MR) is 86.0 cm³/mol. The van der Waals surface area contributed by atoms with Gasteiger partial charge in [0.2, 0.25) is 0 Å². The van der Waals surface area contributed by atoms with E-state index in [-0.39, 0.29) is 32.1 Å². The quantitative estimate of drug-likeness (QED) is 0.320. The van der Waals surface area contributed by atoms with Gasteiger partial charge in [0.1, 0.15) is 22.1 Å². The molecule has 0 aromatic heterocycles. The molecule has 0 atom stereocenters. The van der Waals surface area contributed by atoms with Gasteiger partial charge in [-0.25, -0.2) is 4.79 Å². The van der Waals surface area contributed by atoms with Crippen LogP contribution in [0.5, 0.6) is 11.5 Å². The molecule has 0 saturated heterocycles. The fraction of sp³-hybridized carbons (Fsp3) is 0.0714. The first-order chi connectivity index (χ1) is 10.8. The fourth-order valence-electron chi connectivity index (χ4n) is 1.72. The number of rotatable bonds is 4. The molecule has 0 spiro atoms. The Hall–Kier alpha value is -2.02. The summed E-state index contributed by atoms with van der Waals surface area (Å²) in [6, 6.07) is 6.63. The molecule has 2 rings (SSSR count). The van der Waals surface area contributed by atoms with E-state index in [1.165, 1.54) is 24.3 Å². The molecule has 0 aliphatic heterocycles. The number of benzene rings is 2. The first-order valence-electron chi connectivity index (χ1n) is 6.03. The highest BCUT2D eigenvalue weighted by Gasteiger charge is 2.22. The van der Waals surface area contributed by atoms with E-state index in [9.17, 15) is 14.9 Å². The monoisotopic (exact) mass is 375 g/mol. The van der Waals surface area contributed by atoms with Gasteiger partial charge in [0.05, 0.1) is 28.1 Å². The number of methoxy groups -OCH3 is 1. The van der Waals surface area contributed by atoms with Crippen LogP contribution in [-0.4, -0.2) is 18.0 Å². The molecule has 0 bridgehead atoms. The molecule has 9 heteroatoms. The number of carbonyl (C=O) groups is 1. The third-order valence-corrected chi connectivity index (χ3v) is 4.08. The molecule has 2 aromatic rings. The van der Waals surface area contributed by atoms with E-state index in [0.717, 1.165) is 13.2 Å². The van der Waals surface area contributed by atoms with Crippen LogP contribution >= 0.6 is 34.8 Å². The zero-order valence-electron chi connectivity index (χ0n) is 11.5. The van der Waals surface area contributed by atoms with Crippen molar-refractivity contribution >= 4 is 46.5 Å². The normalized spacial score (nSPS) is 10.3. The summed E-state index contributed by atoms with van der Waals surface area (Å²) in [7, 11) is 1.13. The summed E-state index contributed by atoms with van der Waals surface area (Å²) in [5.74, 6) is -0.554. The number of nitro benzene ring substituents is 1. The number of esters is 1. The van der Waals surface area contributed by atoms with Gasteiger partial charge in [0.25, 0.3) is 5.69 Å². The summed E-state index contributed by atoms with van der Waals surface area (Å²) < 4.78 is 9.97. The molecule has 6 nitrogen and oxygen atoms in total. The van der Waals surface area contributed by atoms with Crippen molar-refractivity contribution in [3.05, 3.63) is 61.1 Å². The van der Waals surface area contributed by atoms with Gasteiger partial charge in [-0.3, -0.25) is 10.1 Å². The van der Waals surface area contributed by atoms with Gasteiger partial charge >= 0.3 is 5.97 Å². The molecular formula is C14H8Cl3NO5. The summed E-state index contributed by atoms with van der Waals surface area (Å²) >= 11 is 17.7. The maximum Gasteiger partial charge on any atom is 0.344 e. The minimum Gasteiger partial charge on any atom is -0.465 e. The van der Waals surface area contributed by atoms with Crippen LogP contribution in [0.15, 0.2) is 30.3 Å². The Balaban J connectivity index is 2.42. The second-order valence-corrected chi connectivity index (χ2v) is 5.37. The van der Waals surface area contributed by atoms with Crippen LogP contribution in [-0.2, 0) is 4.74 Å². The summed E-state index contributed by atoms with van der Waals surface area (Å²) in [4.78, 5) is 21.9. The zero-order chi connectivity index (χ0) is 17.1. The molecular weight excluding hydrogens is 369 g/mol. The van der Waals surface area contributed by atoms with Crippen molar-refractivity contribution in [1.82, 2.24) is 0 Å². The largest absolute Gasteiger partial charge is 0.465 e. The average molecular weight is 377 g/mol. The summed E-state index contributed by atoms with van der Waals surface area (Å²) in [5, 5.41) is 11.5. The summed E-state index contributed by atoms with van der Waals surface area (Å²) in [5.41, 5.74) is -0.643. The lowest BCUT2D eigenvalue weighted by molar-refractivity contribution is -0.385. The minimum absolute atomic E-state index is 0.0684. The van der Waals surface area contributed by atoms with Crippen LogP contribution in [0.1, 0.15) is 10.4 Å². The number of carbonyl (C=O) groups excluding carboxylic acids is 1. The van der Waals surface area contributed by atoms with E-state index in [1.807, 2.05) is 0 Å². The SMILES string of the molecule is COC(=O)c1ccc(Oc2ccc(Cl)c(Cl)c2Cl)cc1[N+](=O)[O-]. The molecule has 0 saturated carbocycles. The summed E-state index contributed by atoms with van der Waals surface area (Å²) in [6.45, 7) is 0. The molecule has 0 fully saturated rings.